The van der Waals surface area contributed by atoms with E-state index in [1.54, 1.807) is 4.90 Å². The molecular formula is C30H35NO6. The number of benzene rings is 2. The van der Waals surface area contributed by atoms with E-state index in [1.807, 2.05) is 75.4 Å². The van der Waals surface area contributed by atoms with Crippen LogP contribution in [0.5, 0.6) is 0 Å². The molecule has 196 valence electrons. The zero-order valence-corrected chi connectivity index (χ0v) is 22.6. The lowest BCUT2D eigenvalue weighted by molar-refractivity contribution is -0.169. The fraction of sp³-hybridized carbons (Fsp3) is 0.500. The predicted molar refractivity (Wildman–Crippen MR) is 138 cm³/mol. The average Bonchev–Trinajstić information content (AvgIpc) is 3.33. The maximum absolute atomic E-state index is 14.1. The molecule has 5 rings (SSSR count). The average molecular weight is 506 g/mol. The molecule has 3 atom stereocenters. The first-order valence-corrected chi connectivity index (χ1v) is 12.7. The zero-order chi connectivity index (χ0) is 27.0. The maximum atomic E-state index is 14.1. The van der Waals surface area contributed by atoms with Crippen LogP contribution in [0.4, 0.5) is 10.5 Å². The van der Waals surface area contributed by atoms with E-state index in [4.69, 9.17) is 14.2 Å². The van der Waals surface area contributed by atoms with Gasteiger partial charge in [0.05, 0.1) is 25.4 Å². The van der Waals surface area contributed by atoms with Crippen molar-refractivity contribution in [2.75, 3.05) is 19.1 Å². The lowest BCUT2D eigenvalue weighted by Crippen LogP contribution is -2.77. The Morgan fingerprint density at radius 2 is 1.46 bits per heavy atom. The molecule has 1 aliphatic heterocycles. The number of methoxy groups -OCH3 is 2. The number of hydrogen-bond donors (Lipinski definition) is 0. The number of ether oxygens (including phenoxy) is 3. The molecule has 2 fully saturated rings. The second-order valence-electron chi connectivity index (χ2n) is 12.1. The third-order valence-electron chi connectivity index (χ3n) is 9.06. The Balaban J connectivity index is 1.86. The summed E-state index contributed by atoms with van der Waals surface area (Å²) in [6, 6.07) is 17.7. The van der Waals surface area contributed by atoms with Gasteiger partial charge >= 0.3 is 18.0 Å². The van der Waals surface area contributed by atoms with Gasteiger partial charge in [0.1, 0.15) is 5.60 Å². The van der Waals surface area contributed by atoms with Crippen molar-refractivity contribution in [3.8, 4) is 0 Å². The molecule has 2 aromatic carbocycles. The molecular weight excluding hydrogens is 470 g/mol. The molecule has 2 aliphatic carbocycles. The highest BCUT2D eigenvalue weighted by Crippen LogP contribution is 2.85. The molecule has 0 saturated heterocycles. The summed E-state index contributed by atoms with van der Waals surface area (Å²) in [4.78, 5) is 42.7. The van der Waals surface area contributed by atoms with Crippen LogP contribution in [-0.2, 0) is 34.8 Å². The number of anilines is 1. The number of fused-ring (bicyclic) bond motifs is 1. The molecule has 1 heterocycles. The van der Waals surface area contributed by atoms with E-state index in [-0.39, 0.29) is 18.8 Å². The Hall–Kier alpha value is -3.35. The number of para-hydroxylation sites is 1. The van der Waals surface area contributed by atoms with Gasteiger partial charge in [0, 0.05) is 5.41 Å². The first kappa shape index (κ1) is 25.3. The highest BCUT2D eigenvalue weighted by molar-refractivity contribution is 6.03. The molecule has 0 unspecified atom stereocenters. The summed E-state index contributed by atoms with van der Waals surface area (Å²) in [5, 5.41) is 0. The Labute approximate surface area is 218 Å². The van der Waals surface area contributed by atoms with Gasteiger partial charge in [0.15, 0.2) is 5.41 Å². The Morgan fingerprint density at radius 3 is 2.03 bits per heavy atom. The number of amides is 1. The molecule has 0 radical (unpaired) electrons. The van der Waals surface area contributed by atoms with Crippen LogP contribution in [0.1, 0.15) is 58.6 Å². The van der Waals surface area contributed by atoms with E-state index in [9.17, 15) is 14.4 Å². The van der Waals surface area contributed by atoms with E-state index >= 15 is 0 Å². The number of carbonyl (C=O) groups excluding carboxylic acids is 3. The second kappa shape index (κ2) is 7.83. The fourth-order valence-corrected chi connectivity index (χ4v) is 8.15. The van der Waals surface area contributed by atoms with Crippen molar-refractivity contribution < 1.29 is 28.6 Å². The predicted octanol–water partition coefficient (Wildman–Crippen LogP) is 5.36. The molecule has 1 spiro atoms. The lowest BCUT2D eigenvalue weighted by atomic mass is 9.34. The van der Waals surface area contributed by atoms with Crippen LogP contribution in [0.15, 0.2) is 54.6 Å². The minimum atomic E-state index is -1.49. The lowest BCUT2D eigenvalue weighted by Gasteiger charge is -2.71. The molecule has 0 bridgehead atoms. The first-order chi connectivity index (χ1) is 17.3. The van der Waals surface area contributed by atoms with Crippen LogP contribution < -0.4 is 4.90 Å². The van der Waals surface area contributed by atoms with Gasteiger partial charge in [0.2, 0.25) is 0 Å². The number of esters is 2. The molecule has 0 aromatic heterocycles. The van der Waals surface area contributed by atoms with Gasteiger partial charge in [-0.25, -0.2) is 4.79 Å². The number of rotatable bonds is 3. The van der Waals surface area contributed by atoms with E-state index in [0.29, 0.717) is 0 Å². The molecule has 3 aliphatic rings. The van der Waals surface area contributed by atoms with E-state index in [1.165, 1.54) is 14.2 Å². The third-order valence-corrected chi connectivity index (χ3v) is 9.06. The Morgan fingerprint density at radius 1 is 0.892 bits per heavy atom. The van der Waals surface area contributed by atoms with E-state index < -0.39 is 45.4 Å². The second-order valence-corrected chi connectivity index (χ2v) is 12.1. The molecule has 2 saturated carbocycles. The number of nitrogens with zero attached hydrogens (tertiary/aromatic N) is 1. The maximum Gasteiger partial charge on any atom is 0.415 e. The monoisotopic (exact) mass is 505 g/mol. The van der Waals surface area contributed by atoms with Crippen molar-refractivity contribution >= 4 is 23.7 Å². The van der Waals surface area contributed by atoms with Gasteiger partial charge in [-0.2, -0.15) is 0 Å². The quantitative estimate of drug-likeness (QED) is 0.317. The summed E-state index contributed by atoms with van der Waals surface area (Å²) in [7, 11) is 2.60. The SMILES string of the molecule is COC(=O)C1(C(=O)OC)C[C@@H]2C(C)(C)[C@@]3(c4ccccc4)N(C(=O)OC(C)(C)C)c4ccccc4[C@@]23C1. The summed E-state index contributed by atoms with van der Waals surface area (Å²) < 4.78 is 16.4. The van der Waals surface area contributed by atoms with Gasteiger partial charge in [-0.3, -0.25) is 14.5 Å². The third kappa shape index (κ3) is 2.85. The molecule has 7 nitrogen and oxygen atoms in total. The van der Waals surface area contributed by atoms with Crippen LogP contribution in [0.3, 0.4) is 0 Å². The van der Waals surface area contributed by atoms with Crippen molar-refractivity contribution in [1.29, 1.82) is 0 Å². The van der Waals surface area contributed by atoms with E-state index in [0.717, 1.165) is 16.8 Å². The van der Waals surface area contributed by atoms with Crippen LogP contribution in [0, 0.1) is 16.7 Å². The molecule has 7 heteroatoms. The highest BCUT2D eigenvalue weighted by Gasteiger charge is 2.88. The number of hydrogen-bond acceptors (Lipinski definition) is 6. The first-order valence-electron chi connectivity index (χ1n) is 12.7. The van der Waals surface area contributed by atoms with Crippen LogP contribution in [0.2, 0.25) is 0 Å². The highest BCUT2D eigenvalue weighted by atomic mass is 16.6. The Kier molecular flexibility index (Phi) is 5.35. The number of carbonyl (C=O) groups is 3. The van der Waals surface area contributed by atoms with Crippen LogP contribution >= 0.6 is 0 Å². The van der Waals surface area contributed by atoms with Gasteiger partial charge < -0.3 is 14.2 Å². The van der Waals surface area contributed by atoms with Crippen molar-refractivity contribution in [3.63, 3.8) is 0 Å². The summed E-state index contributed by atoms with van der Waals surface area (Å²) in [6.45, 7) is 9.79. The normalized spacial score (nSPS) is 28.3. The van der Waals surface area contributed by atoms with Crippen molar-refractivity contribution in [2.24, 2.45) is 16.7 Å². The Bertz CT molecular complexity index is 1260. The molecule has 0 N–H and O–H groups in total. The van der Waals surface area contributed by atoms with Crippen LogP contribution in [0.25, 0.3) is 0 Å². The zero-order valence-electron chi connectivity index (χ0n) is 22.6. The van der Waals surface area contributed by atoms with Crippen molar-refractivity contribution in [1.82, 2.24) is 0 Å². The summed E-state index contributed by atoms with van der Waals surface area (Å²) in [6.07, 6.45) is -0.0240. The fourth-order valence-electron chi connectivity index (χ4n) is 8.15. The largest absolute Gasteiger partial charge is 0.468 e. The topological polar surface area (TPSA) is 82.1 Å². The smallest absolute Gasteiger partial charge is 0.415 e. The minimum absolute atomic E-state index is 0.119. The van der Waals surface area contributed by atoms with Crippen molar-refractivity contribution in [2.45, 2.75) is 64.0 Å². The van der Waals surface area contributed by atoms with Crippen molar-refractivity contribution in [3.05, 3.63) is 65.7 Å². The molecule has 37 heavy (non-hydrogen) atoms. The standard InChI is InChI=1S/C30H35NO6/c1-26(2,3)37-25(34)31-21-16-12-11-15-20(21)29-18-28(23(32)35-6,24(33)36-7)17-22(29)27(4,5)30(29,31)19-13-9-8-10-14-19/h8-16,22H,17-18H2,1-7H3/t22-,29+,30-/m1/s1. The van der Waals surface area contributed by atoms with Gasteiger partial charge in [-0.15, -0.1) is 0 Å². The summed E-state index contributed by atoms with van der Waals surface area (Å²) in [5.41, 5.74) is -1.80. The molecule has 2 aromatic rings. The van der Waals surface area contributed by atoms with Gasteiger partial charge in [-0.05, 0) is 62.1 Å². The molecule has 1 amide bonds. The van der Waals surface area contributed by atoms with Gasteiger partial charge in [0.25, 0.3) is 0 Å². The summed E-state index contributed by atoms with van der Waals surface area (Å²) in [5.74, 6) is -1.32. The van der Waals surface area contributed by atoms with Gasteiger partial charge in [-0.1, -0.05) is 62.4 Å². The van der Waals surface area contributed by atoms with E-state index in [2.05, 4.69) is 13.8 Å². The summed E-state index contributed by atoms with van der Waals surface area (Å²) >= 11 is 0. The van der Waals surface area contributed by atoms with Crippen LogP contribution in [-0.4, -0.2) is 37.9 Å². The minimum Gasteiger partial charge on any atom is -0.468 e.